The third-order valence-electron chi connectivity index (χ3n) is 5.13. The highest BCUT2D eigenvalue weighted by Crippen LogP contribution is 2.30. The molecule has 2 aromatic carbocycles. The van der Waals surface area contributed by atoms with Gasteiger partial charge in [0.15, 0.2) is 11.5 Å². The van der Waals surface area contributed by atoms with Gasteiger partial charge in [-0.3, -0.25) is 9.69 Å². The summed E-state index contributed by atoms with van der Waals surface area (Å²) in [5.74, 6) is 0.105. The van der Waals surface area contributed by atoms with E-state index in [1.807, 2.05) is 24.3 Å². The lowest BCUT2D eigenvalue weighted by Gasteiger charge is -2.12. The predicted octanol–water partition coefficient (Wildman–Crippen LogP) is 4.51. The van der Waals surface area contributed by atoms with E-state index in [1.54, 1.807) is 24.3 Å². The van der Waals surface area contributed by atoms with Crippen molar-refractivity contribution in [1.29, 1.82) is 0 Å². The van der Waals surface area contributed by atoms with E-state index < -0.39 is 17.9 Å². The largest absolute Gasteiger partial charge is 0.493 e. The van der Waals surface area contributed by atoms with Gasteiger partial charge in [0, 0.05) is 4.47 Å². The second-order valence-electron chi connectivity index (χ2n) is 7.46. The fraction of sp³-hybridized carbons (Fsp3) is 0.160. The van der Waals surface area contributed by atoms with Gasteiger partial charge in [0.25, 0.3) is 5.91 Å². The molecule has 4 rings (SSSR count). The number of amides is 3. The molecule has 0 unspecified atom stereocenters. The first-order chi connectivity index (χ1) is 16.9. The summed E-state index contributed by atoms with van der Waals surface area (Å²) >= 11 is 3.40. The summed E-state index contributed by atoms with van der Waals surface area (Å²) in [6, 6.07) is 15.3. The Labute approximate surface area is 209 Å². The van der Waals surface area contributed by atoms with E-state index in [1.165, 1.54) is 26.4 Å². The van der Waals surface area contributed by atoms with Crippen LogP contribution in [0.3, 0.4) is 0 Å². The number of nitrogens with zero attached hydrogens (tertiary/aromatic N) is 1. The summed E-state index contributed by atoms with van der Waals surface area (Å²) in [4.78, 5) is 37.7. The second-order valence-corrected chi connectivity index (χ2v) is 8.38. The zero-order valence-electron chi connectivity index (χ0n) is 18.9. The molecule has 1 aliphatic rings. The fourth-order valence-corrected chi connectivity index (χ4v) is 3.61. The first-order valence-electron chi connectivity index (χ1n) is 10.4. The molecule has 3 aromatic rings. The van der Waals surface area contributed by atoms with Crippen molar-refractivity contribution in [3.8, 4) is 11.5 Å². The topological polar surface area (TPSA) is 107 Å². The highest BCUT2D eigenvalue weighted by molar-refractivity contribution is 9.10. The van der Waals surface area contributed by atoms with Crippen molar-refractivity contribution in [3.05, 3.63) is 87.4 Å². The van der Waals surface area contributed by atoms with E-state index in [2.05, 4.69) is 26.0 Å². The molecule has 0 bridgehead atoms. The number of hydrogen-bond acceptors (Lipinski definition) is 7. The first kappa shape index (κ1) is 24.1. The maximum absolute atomic E-state index is 12.8. The monoisotopic (exact) mass is 540 g/mol. The molecule has 9 nitrogen and oxygen atoms in total. The highest BCUT2D eigenvalue weighted by atomic mass is 79.9. The lowest BCUT2D eigenvalue weighted by Crippen LogP contribution is -2.30. The van der Waals surface area contributed by atoms with E-state index in [0.717, 1.165) is 14.9 Å². The Morgan fingerprint density at radius 3 is 2.54 bits per heavy atom. The number of rotatable bonds is 8. The molecule has 0 atom stereocenters. The third-order valence-corrected chi connectivity index (χ3v) is 5.66. The molecule has 1 N–H and O–H groups in total. The molecule has 0 saturated carbocycles. The van der Waals surface area contributed by atoms with E-state index in [0.29, 0.717) is 23.7 Å². The van der Waals surface area contributed by atoms with E-state index >= 15 is 0 Å². The number of ether oxygens (including phenoxy) is 3. The van der Waals surface area contributed by atoms with E-state index in [-0.39, 0.29) is 23.8 Å². The van der Waals surface area contributed by atoms with Crippen molar-refractivity contribution in [2.75, 3.05) is 14.2 Å². The van der Waals surface area contributed by atoms with Gasteiger partial charge in [-0.25, -0.2) is 9.59 Å². The molecule has 10 heteroatoms. The number of halogens is 1. The summed E-state index contributed by atoms with van der Waals surface area (Å²) < 4.78 is 22.2. The van der Waals surface area contributed by atoms with Crippen LogP contribution in [0, 0.1) is 0 Å². The van der Waals surface area contributed by atoms with Crippen LogP contribution in [0.2, 0.25) is 0 Å². The number of carbonyl (C=O) groups is 3. The number of carbonyl (C=O) groups excluding carboxylic acids is 3. The molecule has 35 heavy (non-hydrogen) atoms. The van der Waals surface area contributed by atoms with Crippen LogP contribution in [0.1, 0.15) is 27.4 Å². The lowest BCUT2D eigenvalue weighted by molar-refractivity contribution is -0.123. The van der Waals surface area contributed by atoms with E-state index in [9.17, 15) is 14.4 Å². The summed E-state index contributed by atoms with van der Waals surface area (Å²) in [6.07, 6.45) is 1.54. The van der Waals surface area contributed by atoms with Crippen LogP contribution in [0.5, 0.6) is 11.5 Å². The van der Waals surface area contributed by atoms with Gasteiger partial charge in [-0.05, 0) is 53.6 Å². The lowest BCUT2D eigenvalue weighted by atomic mass is 10.1. The minimum absolute atomic E-state index is 0.0140. The predicted molar refractivity (Wildman–Crippen MR) is 129 cm³/mol. The van der Waals surface area contributed by atoms with Crippen LogP contribution in [-0.4, -0.2) is 37.0 Å². The molecule has 3 amide bonds. The Hall–Kier alpha value is -4.05. The zero-order chi connectivity index (χ0) is 24.9. The van der Waals surface area contributed by atoms with Gasteiger partial charge in [-0.1, -0.05) is 34.1 Å². The average Bonchev–Trinajstić information content (AvgIpc) is 3.44. The van der Waals surface area contributed by atoms with Gasteiger partial charge in [-0.2, -0.15) is 0 Å². The smallest absolute Gasteiger partial charge is 0.373 e. The molecule has 0 aliphatic carbocycles. The maximum Gasteiger partial charge on any atom is 0.373 e. The Morgan fingerprint density at radius 1 is 1.06 bits per heavy atom. The van der Waals surface area contributed by atoms with Crippen LogP contribution < -0.4 is 14.8 Å². The maximum atomic E-state index is 12.8. The van der Waals surface area contributed by atoms with Crippen molar-refractivity contribution >= 4 is 39.9 Å². The Balaban J connectivity index is 1.46. The number of esters is 1. The van der Waals surface area contributed by atoms with Crippen LogP contribution in [0.15, 0.2) is 69.2 Å². The molecular weight excluding hydrogens is 520 g/mol. The van der Waals surface area contributed by atoms with E-state index in [4.69, 9.17) is 13.9 Å². The summed E-state index contributed by atoms with van der Waals surface area (Å²) in [7, 11) is 2.75. The summed E-state index contributed by atoms with van der Waals surface area (Å²) in [5.41, 5.74) is 1.73. The number of methoxy groups -OCH3 is 2. The number of urea groups is 1. The molecular formula is C25H21BrN2O7. The number of nitrogens with one attached hydrogen (secondary N) is 1. The van der Waals surface area contributed by atoms with Gasteiger partial charge < -0.3 is 23.9 Å². The van der Waals surface area contributed by atoms with Gasteiger partial charge in [0.1, 0.15) is 18.1 Å². The Morgan fingerprint density at radius 2 is 1.83 bits per heavy atom. The Kier molecular flexibility index (Phi) is 7.21. The summed E-state index contributed by atoms with van der Waals surface area (Å²) in [6.45, 7) is 0.225. The van der Waals surface area contributed by atoms with Crippen molar-refractivity contribution in [3.63, 3.8) is 0 Å². The third kappa shape index (κ3) is 5.55. The number of benzene rings is 2. The van der Waals surface area contributed by atoms with Crippen LogP contribution in [0.4, 0.5) is 4.79 Å². The van der Waals surface area contributed by atoms with Gasteiger partial charge in [-0.15, -0.1) is 0 Å². The molecule has 2 heterocycles. The van der Waals surface area contributed by atoms with Crippen molar-refractivity contribution < 1.29 is 33.0 Å². The van der Waals surface area contributed by atoms with Gasteiger partial charge in [0.2, 0.25) is 5.76 Å². The molecule has 1 fully saturated rings. The fourth-order valence-electron chi connectivity index (χ4n) is 3.35. The van der Waals surface area contributed by atoms with Gasteiger partial charge >= 0.3 is 12.0 Å². The highest BCUT2D eigenvalue weighted by Gasteiger charge is 2.34. The molecule has 1 aromatic heterocycles. The summed E-state index contributed by atoms with van der Waals surface area (Å²) in [5, 5.41) is 2.56. The van der Waals surface area contributed by atoms with Crippen LogP contribution >= 0.6 is 15.9 Å². The average molecular weight is 541 g/mol. The second kappa shape index (κ2) is 10.5. The van der Waals surface area contributed by atoms with Crippen LogP contribution in [0.25, 0.3) is 6.08 Å². The normalized spacial score (nSPS) is 14.3. The quantitative estimate of drug-likeness (QED) is 0.254. The van der Waals surface area contributed by atoms with Crippen molar-refractivity contribution in [1.82, 2.24) is 10.2 Å². The minimum Gasteiger partial charge on any atom is -0.493 e. The Bertz CT molecular complexity index is 1300. The molecule has 1 saturated heterocycles. The number of imide groups is 1. The molecule has 0 spiro atoms. The minimum atomic E-state index is -0.646. The first-order valence-corrected chi connectivity index (χ1v) is 11.2. The van der Waals surface area contributed by atoms with Crippen molar-refractivity contribution in [2.45, 2.75) is 13.2 Å². The number of hydrogen-bond donors (Lipinski definition) is 1. The van der Waals surface area contributed by atoms with Crippen molar-refractivity contribution in [2.24, 2.45) is 0 Å². The standard InChI is InChI=1S/C25H21BrN2O7/c1-32-22-12-16(5-9-20(22)34-14-15-3-6-17(26)7-4-15)11-19-23(29)28(25(31)27-19)13-18-8-10-21(35-18)24(30)33-2/h3-12H,13-14H2,1-2H3,(H,27,31)/b19-11-. The SMILES string of the molecule is COC(=O)c1ccc(CN2C(=O)N/C(=C\c3ccc(OCc4ccc(Br)cc4)c(OC)c3)C2=O)o1. The van der Waals surface area contributed by atoms with Crippen LogP contribution in [-0.2, 0) is 22.7 Å². The molecule has 180 valence electrons. The number of furan rings is 1. The molecule has 0 radical (unpaired) electrons. The van der Waals surface area contributed by atoms with Gasteiger partial charge in [0.05, 0.1) is 20.8 Å². The zero-order valence-corrected chi connectivity index (χ0v) is 20.5. The molecule has 1 aliphatic heterocycles.